The summed E-state index contributed by atoms with van der Waals surface area (Å²) < 4.78 is 15.1. The summed E-state index contributed by atoms with van der Waals surface area (Å²) in [5.41, 5.74) is 2.07. The van der Waals surface area contributed by atoms with Crippen LogP contribution in [0, 0.1) is 12.7 Å². The molecular formula is C22H20FN5O2S. The number of carbonyl (C=O) groups excluding carboxylic acids is 2. The summed E-state index contributed by atoms with van der Waals surface area (Å²) in [6.07, 6.45) is 1.63. The Hall–Kier alpha value is -3.59. The smallest absolute Gasteiger partial charge is 0.254 e. The Balaban J connectivity index is 1.54. The predicted octanol–water partition coefficient (Wildman–Crippen LogP) is 3.70. The summed E-state index contributed by atoms with van der Waals surface area (Å²) >= 11 is 1.63. The van der Waals surface area contributed by atoms with Gasteiger partial charge in [0, 0.05) is 23.3 Å². The molecular weight excluding hydrogens is 417 g/mol. The number of halogens is 1. The first-order valence-electron chi connectivity index (χ1n) is 9.57. The van der Waals surface area contributed by atoms with E-state index in [1.807, 2.05) is 24.4 Å². The zero-order chi connectivity index (χ0) is 22.0. The number of hydrogen-bond acceptors (Lipinski definition) is 5. The normalized spacial score (nSPS) is 10.9. The van der Waals surface area contributed by atoms with Crippen LogP contribution in [0.25, 0.3) is 11.0 Å². The Bertz CT molecular complexity index is 1250. The third-order valence-corrected chi connectivity index (χ3v) is 5.55. The fourth-order valence-corrected chi connectivity index (χ4v) is 3.96. The number of pyridine rings is 1. The Labute approximate surface area is 182 Å². The fraction of sp³-hybridized carbons (Fsp3) is 0.182. The van der Waals surface area contributed by atoms with Gasteiger partial charge in [-0.25, -0.2) is 14.1 Å². The number of nitrogens with one attached hydrogen (secondary N) is 1. The molecule has 2 amide bonds. The maximum Gasteiger partial charge on any atom is 0.254 e. The van der Waals surface area contributed by atoms with Crippen molar-refractivity contribution in [1.82, 2.24) is 19.7 Å². The van der Waals surface area contributed by atoms with Crippen molar-refractivity contribution in [2.45, 2.75) is 13.5 Å². The van der Waals surface area contributed by atoms with E-state index in [2.05, 4.69) is 15.4 Å². The standard InChI is InChI=1S/C22H20FN5O2S/c1-14-9-18(19-11-24-28(21(19)25-14)12-17-7-4-8-31-17)22(30)27(2)13-20(29)26-16-6-3-5-15(23)10-16/h3-11H,12-13H2,1-2H3,(H,26,29). The maximum atomic E-state index is 13.3. The second-order valence-corrected chi connectivity index (χ2v) is 8.18. The fourth-order valence-electron chi connectivity index (χ4n) is 3.28. The van der Waals surface area contributed by atoms with E-state index in [-0.39, 0.29) is 12.5 Å². The molecule has 4 aromatic rings. The number of aryl methyl sites for hydroxylation is 1. The number of rotatable bonds is 6. The Kier molecular flexibility index (Phi) is 5.77. The minimum atomic E-state index is -0.448. The topological polar surface area (TPSA) is 80.1 Å². The number of likely N-dealkylation sites (N-methyl/N-ethyl adjacent to an activating group) is 1. The van der Waals surface area contributed by atoms with E-state index in [0.717, 1.165) is 4.88 Å². The number of hydrogen-bond donors (Lipinski definition) is 1. The van der Waals surface area contributed by atoms with Gasteiger partial charge in [-0.3, -0.25) is 9.59 Å². The van der Waals surface area contributed by atoms with Gasteiger partial charge in [0.2, 0.25) is 5.91 Å². The van der Waals surface area contributed by atoms with Crippen molar-refractivity contribution in [2.24, 2.45) is 0 Å². The van der Waals surface area contributed by atoms with Crippen LogP contribution in [0.2, 0.25) is 0 Å². The quantitative estimate of drug-likeness (QED) is 0.499. The molecule has 9 heteroatoms. The molecule has 0 bridgehead atoms. The summed E-state index contributed by atoms with van der Waals surface area (Å²) in [6, 6.07) is 11.3. The molecule has 0 saturated heterocycles. The van der Waals surface area contributed by atoms with Crippen LogP contribution >= 0.6 is 11.3 Å². The lowest BCUT2D eigenvalue weighted by Gasteiger charge is -2.17. The lowest BCUT2D eigenvalue weighted by molar-refractivity contribution is -0.116. The molecule has 31 heavy (non-hydrogen) atoms. The Morgan fingerprint density at radius 2 is 2.06 bits per heavy atom. The van der Waals surface area contributed by atoms with Gasteiger partial charge in [0.25, 0.3) is 5.91 Å². The summed E-state index contributed by atoms with van der Waals surface area (Å²) in [4.78, 5) is 32.4. The molecule has 0 unspecified atom stereocenters. The molecule has 0 atom stereocenters. The highest BCUT2D eigenvalue weighted by molar-refractivity contribution is 7.09. The van der Waals surface area contributed by atoms with Crippen molar-refractivity contribution < 1.29 is 14.0 Å². The minimum Gasteiger partial charge on any atom is -0.332 e. The number of benzene rings is 1. The number of aromatic nitrogens is 3. The van der Waals surface area contributed by atoms with E-state index >= 15 is 0 Å². The van der Waals surface area contributed by atoms with E-state index in [0.29, 0.717) is 34.5 Å². The molecule has 0 spiro atoms. The van der Waals surface area contributed by atoms with Gasteiger partial charge >= 0.3 is 0 Å². The van der Waals surface area contributed by atoms with Crippen LogP contribution in [-0.4, -0.2) is 45.1 Å². The van der Waals surface area contributed by atoms with Gasteiger partial charge < -0.3 is 10.2 Å². The molecule has 0 aliphatic heterocycles. The SMILES string of the molecule is Cc1cc(C(=O)N(C)CC(=O)Nc2cccc(F)c2)c2cnn(Cc3cccs3)c2n1. The number of carbonyl (C=O) groups is 2. The van der Waals surface area contributed by atoms with Crippen molar-refractivity contribution in [1.29, 1.82) is 0 Å². The molecule has 0 fully saturated rings. The van der Waals surface area contributed by atoms with E-state index in [1.165, 1.54) is 23.1 Å². The van der Waals surface area contributed by atoms with Gasteiger partial charge in [-0.15, -0.1) is 11.3 Å². The first kappa shape index (κ1) is 20.7. The largest absolute Gasteiger partial charge is 0.332 e. The van der Waals surface area contributed by atoms with E-state index in [1.54, 1.807) is 41.4 Å². The van der Waals surface area contributed by atoms with Gasteiger partial charge in [0.1, 0.15) is 5.82 Å². The molecule has 0 radical (unpaired) electrons. The van der Waals surface area contributed by atoms with Crippen LogP contribution in [-0.2, 0) is 11.3 Å². The zero-order valence-electron chi connectivity index (χ0n) is 17.0. The molecule has 158 valence electrons. The Morgan fingerprint density at radius 3 is 2.81 bits per heavy atom. The van der Waals surface area contributed by atoms with Gasteiger partial charge in [-0.1, -0.05) is 12.1 Å². The van der Waals surface area contributed by atoms with Crippen molar-refractivity contribution in [3.63, 3.8) is 0 Å². The van der Waals surface area contributed by atoms with Crippen LogP contribution in [0.15, 0.2) is 54.0 Å². The summed E-state index contributed by atoms with van der Waals surface area (Å²) in [7, 11) is 1.55. The minimum absolute atomic E-state index is 0.179. The lowest BCUT2D eigenvalue weighted by Crippen LogP contribution is -2.35. The second kappa shape index (κ2) is 8.65. The third-order valence-electron chi connectivity index (χ3n) is 4.69. The number of nitrogens with zero attached hydrogens (tertiary/aromatic N) is 4. The first-order chi connectivity index (χ1) is 14.9. The number of fused-ring (bicyclic) bond motifs is 1. The maximum absolute atomic E-state index is 13.3. The summed E-state index contributed by atoms with van der Waals surface area (Å²) in [5, 5.41) is 9.64. The number of amides is 2. The first-order valence-corrected chi connectivity index (χ1v) is 10.4. The second-order valence-electron chi connectivity index (χ2n) is 7.15. The van der Waals surface area contributed by atoms with Crippen molar-refractivity contribution in [3.8, 4) is 0 Å². The van der Waals surface area contributed by atoms with Crippen LogP contribution in [0.3, 0.4) is 0 Å². The van der Waals surface area contributed by atoms with Gasteiger partial charge in [-0.05, 0) is 42.6 Å². The van der Waals surface area contributed by atoms with Crippen molar-refractivity contribution in [2.75, 3.05) is 18.9 Å². The zero-order valence-corrected chi connectivity index (χ0v) is 17.8. The average Bonchev–Trinajstić information content (AvgIpc) is 3.37. The van der Waals surface area contributed by atoms with E-state index < -0.39 is 11.7 Å². The number of anilines is 1. The Morgan fingerprint density at radius 1 is 1.23 bits per heavy atom. The van der Waals surface area contributed by atoms with Crippen LogP contribution in [0.5, 0.6) is 0 Å². The highest BCUT2D eigenvalue weighted by Gasteiger charge is 2.21. The highest BCUT2D eigenvalue weighted by Crippen LogP contribution is 2.21. The highest BCUT2D eigenvalue weighted by atomic mass is 32.1. The molecule has 1 aromatic carbocycles. The molecule has 7 nitrogen and oxygen atoms in total. The average molecular weight is 438 g/mol. The third kappa shape index (κ3) is 4.61. The van der Waals surface area contributed by atoms with E-state index in [4.69, 9.17) is 0 Å². The monoisotopic (exact) mass is 437 g/mol. The molecule has 3 heterocycles. The van der Waals surface area contributed by atoms with Crippen LogP contribution < -0.4 is 5.32 Å². The molecule has 4 rings (SSSR count). The van der Waals surface area contributed by atoms with Crippen LogP contribution in [0.4, 0.5) is 10.1 Å². The molecule has 1 N–H and O–H groups in total. The molecule has 0 aliphatic rings. The van der Waals surface area contributed by atoms with Gasteiger partial charge in [0.05, 0.1) is 30.2 Å². The van der Waals surface area contributed by atoms with Gasteiger partial charge in [-0.2, -0.15) is 5.10 Å². The van der Waals surface area contributed by atoms with Crippen LogP contribution in [0.1, 0.15) is 20.9 Å². The molecule has 0 aliphatic carbocycles. The molecule has 0 saturated carbocycles. The van der Waals surface area contributed by atoms with Gasteiger partial charge in [0.15, 0.2) is 5.65 Å². The molecule has 3 aromatic heterocycles. The summed E-state index contributed by atoms with van der Waals surface area (Å²) in [6.45, 7) is 2.20. The van der Waals surface area contributed by atoms with Crippen molar-refractivity contribution >= 4 is 39.9 Å². The summed E-state index contributed by atoms with van der Waals surface area (Å²) in [5.74, 6) is -1.19. The predicted molar refractivity (Wildman–Crippen MR) is 118 cm³/mol. The number of thiophene rings is 1. The lowest BCUT2D eigenvalue weighted by atomic mass is 10.1. The van der Waals surface area contributed by atoms with E-state index in [9.17, 15) is 14.0 Å². The van der Waals surface area contributed by atoms with Crippen molar-refractivity contribution in [3.05, 3.63) is 76.0 Å².